The summed E-state index contributed by atoms with van der Waals surface area (Å²) in [5.74, 6) is -6.04. The number of hydrogen-bond donors (Lipinski definition) is 1. The molecule has 2 heterocycles. The van der Waals surface area contributed by atoms with Crippen LogP contribution in [0.3, 0.4) is 0 Å². The first kappa shape index (κ1) is 22.0. The second-order valence-corrected chi connectivity index (χ2v) is 8.45. The van der Waals surface area contributed by atoms with Crippen LogP contribution in [0.4, 0.5) is 17.6 Å². The summed E-state index contributed by atoms with van der Waals surface area (Å²) in [6.45, 7) is 0.264. The second-order valence-electron chi connectivity index (χ2n) is 6.48. The number of halogens is 4. The molecule has 1 fully saturated rings. The lowest BCUT2D eigenvalue weighted by molar-refractivity contribution is 0.259. The van der Waals surface area contributed by atoms with Crippen molar-refractivity contribution in [2.75, 3.05) is 33.2 Å². The van der Waals surface area contributed by atoms with Crippen LogP contribution in [0.5, 0.6) is 0 Å². The van der Waals surface area contributed by atoms with Crippen molar-refractivity contribution in [2.45, 2.75) is 12.3 Å². The van der Waals surface area contributed by atoms with Crippen LogP contribution in [0.1, 0.15) is 11.3 Å². The van der Waals surface area contributed by atoms with Gasteiger partial charge in [-0.25, -0.2) is 26.0 Å². The van der Waals surface area contributed by atoms with E-state index in [9.17, 15) is 26.0 Å². The maximum Gasteiger partial charge on any atom is 0.220 e. The molecule has 1 aliphatic rings. The van der Waals surface area contributed by atoms with E-state index in [4.69, 9.17) is 0 Å². The van der Waals surface area contributed by atoms with E-state index in [2.05, 4.69) is 20.0 Å². The number of hydrogen-bond acceptors (Lipinski definition) is 5. The van der Waals surface area contributed by atoms with Crippen molar-refractivity contribution in [3.63, 3.8) is 0 Å². The van der Waals surface area contributed by atoms with Crippen LogP contribution in [-0.4, -0.2) is 62.0 Å². The zero-order valence-electron chi connectivity index (χ0n) is 15.9. The van der Waals surface area contributed by atoms with Crippen molar-refractivity contribution in [2.24, 2.45) is 4.99 Å². The van der Waals surface area contributed by atoms with E-state index in [0.29, 0.717) is 5.69 Å². The molecule has 1 saturated heterocycles. The number of nitrogens with zero attached hydrogens (tertiary/aromatic N) is 4. The molecule has 1 N–H and O–H groups in total. The Bertz CT molecular complexity index is 996. The molecule has 1 aliphatic heterocycles. The second kappa shape index (κ2) is 9.00. The molecule has 0 bridgehead atoms. The number of guanidine groups is 1. The van der Waals surface area contributed by atoms with Gasteiger partial charge in [-0.1, -0.05) is 5.16 Å². The van der Waals surface area contributed by atoms with E-state index < -0.39 is 45.4 Å². The van der Waals surface area contributed by atoms with Crippen molar-refractivity contribution in [3.05, 3.63) is 52.9 Å². The standard InChI is InChI=1S/C17H19F4N5O3S/c1-22-17(23-9-12-15(20)13(18)8-14(19)16(12)21)25-3-5-26(6-4-25)30(27,28)10-11-2-7-29-24-11/h2,7-8H,3-6,9-10H2,1H3,(H,22,23). The molecule has 1 aromatic carbocycles. The Morgan fingerprint density at radius 2 is 1.80 bits per heavy atom. The van der Waals surface area contributed by atoms with Gasteiger partial charge < -0.3 is 14.7 Å². The molecule has 3 rings (SSSR count). The molecule has 2 aromatic rings. The van der Waals surface area contributed by atoms with Gasteiger partial charge in [-0.15, -0.1) is 0 Å². The fourth-order valence-electron chi connectivity index (χ4n) is 3.05. The Morgan fingerprint density at radius 1 is 1.17 bits per heavy atom. The molecule has 1 aromatic heterocycles. The number of aliphatic imine (C=N–C) groups is 1. The van der Waals surface area contributed by atoms with Gasteiger partial charge >= 0.3 is 0 Å². The van der Waals surface area contributed by atoms with Crippen molar-refractivity contribution in [1.29, 1.82) is 0 Å². The van der Waals surface area contributed by atoms with Crippen LogP contribution in [0.25, 0.3) is 0 Å². The van der Waals surface area contributed by atoms with Gasteiger partial charge in [0.25, 0.3) is 0 Å². The number of benzene rings is 1. The summed E-state index contributed by atoms with van der Waals surface area (Å²) in [7, 11) is -2.17. The van der Waals surface area contributed by atoms with E-state index in [1.165, 1.54) is 23.7 Å². The minimum absolute atomic E-state index is 0.141. The van der Waals surface area contributed by atoms with Gasteiger partial charge in [0.1, 0.15) is 12.0 Å². The molecule has 0 amide bonds. The summed E-state index contributed by atoms with van der Waals surface area (Å²) < 4.78 is 85.2. The highest BCUT2D eigenvalue weighted by Crippen LogP contribution is 2.19. The average molecular weight is 449 g/mol. The molecule has 0 atom stereocenters. The van der Waals surface area contributed by atoms with Gasteiger partial charge in [-0.3, -0.25) is 4.99 Å². The van der Waals surface area contributed by atoms with E-state index in [0.717, 1.165) is 0 Å². The monoisotopic (exact) mass is 449 g/mol. The first-order chi connectivity index (χ1) is 14.2. The maximum absolute atomic E-state index is 13.8. The predicted octanol–water partition coefficient (Wildman–Crippen LogP) is 1.45. The quantitative estimate of drug-likeness (QED) is 0.322. The molecule has 13 heteroatoms. The van der Waals surface area contributed by atoms with Crippen molar-refractivity contribution < 1.29 is 30.5 Å². The lowest BCUT2D eigenvalue weighted by atomic mass is 10.2. The smallest absolute Gasteiger partial charge is 0.220 e. The van der Waals surface area contributed by atoms with E-state index in [1.54, 1.807) is 4.90 Å². The molecule has 0 radical (unpaired) electrons. The van der Waals surface area contributed by atoms with Crippen LogP contribution in [0, 0.1) is 23.3 Å². The highest BCUT2D eigenvalue weighted by molar-refractivity contribution is 7.88. The largest absolute Gasteiger partial charge is 0.364 e. The Morgan fingerprint density at radius 3 is 2.33 bits per heavy atom. The Balaban J connectivity index is 1.61. The SMILES string of the molecule is CN=C(NCc1c(F)c(F)cc(F)c1F)N1CCN(S(=O)(=O)Cc2ccon2)CC1. The summed E-state index contributed by atoms with van der Waals surface area (Å²) in [6, 6.07) is 1.61. The molecule has 30 heavy (non-hydrogen) atoms. The summed E-state index contributed by atoms with van der Waals surface area (Å²) in [4.78, 5) is 5.66. The molecule has 164 valence electrons. The minimum atomic E-state index is -3.60. The summed E-state index contributed by atoms with van der Waals surface area (Å²) in [5.41, 5.74) is -0.497. The van der Waals surface area contributed by atoms with Crippen LogP contribution >= 0.6 is 0 Å². The highest BCUT2D eigenvalue weighted by atomic mass is 32.2. The average Bonchev–Trinajstić information content (AvgIpc) is 3.22. The van der Waals surface area contributed by atoms with Crippen LogP contribution < -0.4 is 5.32 Å². The Kier molecular flexibility index (Phi) is 6.61. The topological polar surface area (TPSA) is 91.0 Å². The third kappa shape index (κ3) is 4.73. The fraction of sp³-hybridized carbons (Fsp3) is 0.412. The molecule has 0 spiro atoms. The molecule has 0 unspecified atom stereocenters. The third-order valence-corrected chi connectivity index (χ3v) is 6.40. The first-order valence-corrected chi connectivity index (χ1v) is 10.5. The number of piperazine rings is 1. The predicted molar refractivity (Wildman–Crippen MR) is 98.7 cm³/mol. The van der Waals surface area contributed by atoms with Gasteiger partial charge in [0.2, 0.25) is 10.0 Å². The summed E-state index contributed by atoms with van der Waals surface area (Å²) in [6.07, 6.45) is 1.29. The fourth-order valence-corrected chi connectivity index (χ4v) is 4.47. The zero-order valence-corrected chi connectivity index (χ0v) is 16.7. The summed E-state index contributed by atoms with van der Waals surface area (Å²) >= 11 is 0. The van der Waals surface area contributed by atoms with E-state index >= 15 is 0 Å². The Hall–Kier alpha value is -2.67. The van der Waals surface area contributed by atoms with E-state index in [-0.39, 0.29) is 44.0 Å². The normalized spacial score (nSPS) is 16.2. The van der Waals surface area contributed by atoms with Gasteiger partial charge in [0.15, 0.2) is 29.2 Å². The maximum atomic E-state index is 13.8. The Labute approximate surface area is 170 Å². The number of aromatic nitrogens is 1. The molecule has 0 aliphatic carbocycles. The summed E-state index contributed by atoms with van der Waals surface area (Å²) in [5, 5.41) is 6.25. The van der Waals surface area contributed by atoms with Crippen LogP contribution in [-0.2, 0) is 22.3 Å². The van der Waals surface area contributed by atoms with Gasteiger partial charge in [0.05, 0.1) is 5.69 Å². The molecule has 8 nitrogen and oxygen atoms in total. The van der Waals surface area contributed by atoms with Crippen molar-refractivity contribution >= 4 is 16.0 Å². The van der Waals surface area contributed by atoms with Crippen LogP contribution in [0.15, 0.2) is 27.9 Å². The lowest BCUT2D eigenvalue weighted by Gasteiger charge is -2.35. The number of nitrogens with one attached hydrogen (secondary N) is 1. The van der Waals surface area contributed by atoms with Gasteiger partial charge in [0, 0.05) is 57.5 Å². The highest BCUT2D eigenvalue weighted by Gasteiger charge is 2.29. The van der Waals surface area contributed by atoms with E-state index in [1.807, 2.05) is 0 Å². The molecular weight excluding hydrogens is 430 g/mol. The number of sulfonamides is 1. The third-order valence-electron chi connectivity index (χ3n) is 4.59. The first-order valence-electron chi connectivity index (χ1n) is 8.87. The molecular formula is C17H19F4N5O3S. The zero-order chi connectivity index (χ0) is 21.9. The lowest BCUT2D eigenvalue weighted by Crippen LogP contribution is -2.53. The van der Waals surface area contributed by atoms with Gasteiger partial charge in [-0.2, -0.15) is 4.31 Å². The van der Waals surface area contributed by atoms with Crippen LogP contribution in [0.2, 0.25) is 0 Å². The number of rotatable bonds is 5. The molecule has 0 saturated carbocycles. The van der Waals surface area contributed by atoms with Crippen molar-refractivity contribution in [1.82, 2.24) is 19.7 Å². The van der Waals surface area contributed by atoms with Crippen molar-refractivity contribution in [3.8, 4) is 0 Å². The minimum Gasteiger partial charge on any atom is -0.364 e. The van der Waals surface area contributed by atoms with Gasteiger partial charge in [-0.05, 0) is 0 Å².